The lowest BCUT2D eigenvalue weighted by Gasteiger charge is -2.28. The summed E-state index contributed by atoms with van der Waals surface area (Å²) in [5.41, 5.74) is 5.07. The summed E-state index contributed by atoms with van der Waals surface area (Å²) in [6, 6.07) is 17.6. The van der Waals surface area contributed by atoms with Gasteiger partial charge in [0.05, 0.1) is 17.3 Å². The third-order valence-electron chi connectivity index (χ3n) is 7.38. The molecule has 0 spiro atoms. The van der Waals surface area contributed by atoms with Gasteiger partial charge in [0.1, 0.15) is 6.04 Å². The van der Waals surface area contributed by atoms with Crippen LogP contribution in [-0.2, 0) is 17.8 Å². The molecule has 1 amide bonds. The third kappa shape index (κ3) is 4.46. The van der Waals surface area contributed by atoms with E-state index in [9.17, 15) is 9.59 Å². The molecular formula is C29H33N5O2. The van der Waals surface area contributed by atoms with Crippen LogP contribution in [0.3, 0.4) is 0 Å². The number of para-hydroxylation sites is 1. The van der Waals surface area contributed by atoms with Crippen LogP contribution in [0.2, 0.25) is 0 Å². The first-order valence-corrected chi connectivity index (χ1v) is 12.7. The summed E-state index contributed by atoms with van der Waals surface area (Å²) >= 11 is 0. The summed E-state index contributed by atoms with van der Waals surface area (Å²) in [5, 5.41) is 8.90. The molecule has 0 saturated heterocycles. The largest absolute Gasteiger partial charge is 0.354 e. The maximum absolute atomic E-state index is 13.3. The molecule has 186 valence electrons. The van der Waals surface area contributed by atoms with E-state index in [1.807, 2.05) is 55.7 Å². The number of nitrogens with one attached hydrogen (secondary N) is 1. The van der Waals surface area contributed by atoms with E-state index in [1.165, 1.54) is 15.8 Å². The molecule has 0 fully saturated rings. The Bertz CT molecular complexity index is 1450. The average molecular weight is 484 g/mol. The van der Waals surface area contributed by atoms with E-state index in [0.29, 0.717) is 11.9 Å². The van der Waals surface area contributed by atoms with Crippen LogP contribution in [0.15, 0.2) is 65.6 Å². The van der Waals surface area contributed by atoms with Crippen molar-refractivity contribution in [3.63, 3.8) is 0 Å². The number of carbonyl (C=O) groups excluding carboxylic acids is 1. The van der Waals surface area contributed by atoms with Crippen LogP contribution in [0, 0.1) is 13.8 Å². The van der Waals surface area contributed by atoms with Gasteiger partial charge in [-0.25, -0.2) is 0 Å². The molecule has 2 aromatic carbocycles. The van der Waals surface area contributed by atoms with Gasteiger partial charge in [-0.1, -0.05) is 42.5 Å². The van der Waals surface area contributed by atoms with Crippen LogP contribution in [0.1, 0.15) is 41.9 Å². The third-order valence-corrected chi connectivity index (χ3v) is 7.38. The van der Waals surface area contributed by atoms with Crippen LogP contribution in [0.4, 0.5) is 0 Å². The monoisotopic (exact) mass is 483 g/mol. The standard InChI is InChI=1S/C29H33N5O2/c1-20-26-18-31-34(25-12-5-4-6-13-25)29(36)27(26)21(2)33(20)22(3)28(35)30-15-9-16-32-17-14-23-10-7-8-11-24(23)19-32/h4-8,10-13,18,22H,9,14-17,19H2,1-3H3,(H,30,35)/t22-/m1/s1. The van der Waals surface area contributed by atoms with Gasteiger partial charge in [-0.2, -0.15) is 9.78 Å². The number of amides is 1. The van der Waals surface area contributed by atoms with Crippen LogP contribution in [0.25, 0.3) is 16.5 Å². The van der Waals surface area contributed by atoms with Gasteiger partial charge in [-0.05, 0) is 56.9 Å². The van der Waals surface area contributed by atoms with Crippen molar-refractivity contribution in [2.75, 3.05) is 19.6 Å². The molecule has 0 radical (unpaired) electrons. The van der Waals surface area contributed by atoms with Crippen LogP contribution < -0.4 is 10.9 Å². The zero-order valence-electron chi connectivity index (χ0n) is 21.2. The second kappa shape index (κ2) is 10.1. The van der Waals surface area contributed by atoms with Crippen molar-refractivity contribution in [1.82, 2.24) is 24.6 Å². The predicted molar refractivity (Wildman–Crippen MR) is 143 cm³/mol. The average Bonchev–Trinajstić information content (AvgIpc) is 3.16. The molecule has 36 heavy (non-hydrogen) atoms. The first kappa shape index (κ1) is 24.0. The Morgan fingerprint density at radius 2 is 1.75 bits per heavy atom. The van der Waals surface area contributed by atoms with Crippen molar-refractivity contribution < 1.29 is 4.79 Å². The summed E-state index contributed by atoms with van der Waals surface area (Å²) in [6.45, 7) is 9.36. The highest BCUT2D eigenvalue weighted by Crippen LogP contribution is 2.26. The molecule has 1 aliphatic rings. The van der Waals surface area contributed by atoms with Gasteiger partial charge in [-0.3, -0.25) is 14.5 Å². The second-order valence-electron chi connectivity index (χ2n) is 9.64. The molecule has 7 heteroatoms. The number of fused-ring (bicyclic) bond motifs is 2. The molecule has 3 heterocycles. The zero-order chi connectivity index (χ0) is 25.2. The fourth-order valence-corrected chi connectivity index (χ4v) is 5.44. The maximum Gasteiger partial charge on any atom is 0.281 e. The van der Waals surface area contributed by atoms with Crippen molar-refractivity contribution in [1.29, 1.82) is 0 Å². The summed E-state index contributed by atoms with van der Waals surface area (Å²) < 4.78 is 3.38. The number of aromatic nitrogens is 3. The lowest BCUT2D eigenvalue weighted by Crippen LogP contribution is -2.36. The van der Waals surface area contributed by atoms with Gasteiger partial charge < -0.3 is 9.88 Å². The fraction of sp³-hybridized carbons (Fsp3) is 0.345. The molecule has 2 aromatic heterocycles. The Balaban J connectivity index is 1.25. The molecule has 0 bridgehead atoms. The number of benzene rings is 2. The van der Waals surface area contributed by atoms with E-state index in [0.717, 1.165) is 54.9 Å². The van der Waals surface area contributed by atoms with Crippen LogP contribution in [-0.4, -0.2) is 44.8 Å². The summed E-state index contributed by atoms with van der Waals surface area (Å²) in [7, 11) is 0. The van der Waals surface area contributed by atoms with Gasteiger partial charge in [0.15, 0.2) is 0 Å². The number of aryl methyl sites for hydroxylation is 2. The summed E-state index contributed by atoms with van der Waals surface area (Å²) in [5.74, 6) is -0.0400. The summed E-state index contributed by atoms with van der Waals surface area (Å²) in [6.07, 6.45) is 3.71. The van der Waals surface area contributed by atoms with Crippen LogP contribution >= 0.6 is 0 Å². The van der Waals surface area contributed by atoms with Gasteiger partial charge in [0.25, 0.3) is 5.56 Å². The Hall–Kier alpha value is -3.71. The SMILES string of the molecule is Cc1c2cnn(-c3ccccc3)c(=O)c2c(C)n1[C@H](C)C(=O)NCCCN1CCc2ccccc2C1. The molecule has 0 unspecified atom stereocenters. The van der Waals surface area contributed by atoms with Gasteiger partial charge >= 0.3 is 0 Å². The van der Waals surface area contributed by atoms with Crippen molar-refractivity contribution in [2.45, 2.75) is 46.2 Å². The highest BCUT2D eigenvalue weighted by Gasteiger charge is 2.23. The van der Waals surface area contributed by atoms with Crippen molar-refractivity contribution in [3.05, 3.63) is 93.7 Å². The lowest BCUT2D eigenvalue weighted by atomic mass is 10.00. The molecule has 5 rings (SSSR count). The second-order valence-corrected chi connectivity index (χ2v) is 9.64. The van der Waals surface area contributed by atoms with E-state index in [-0.39, 0.29) is 11.5 Å². The number of rotatable bonds is 7. The van der Waals surface area contributed by atoms with E-state index < -0.39 is 6.04 Å². The Morgan fingerprint density at radius 3 is 2.53 bits per heavy atom. The number of nitrogens with zero attached hydrogens (tertiary/aromatic N) is 4. The normalized spacial score (nSPS) is 14.5. The first-order valence-electron chi connectivity index (χ1n) is 12.7. The molecule has 1 N–H and O–H groups in total. The molecule has 4 aromatic rings. The van der Waals surface area contributed by atoms with E-state index in [2.05, 4.69) is 39.6 Å². The quantitative estimate of drug-likeness (QED) is 0.405. The number of hydrogen-bond donors (Lipinski definition) is 1. The molecule has 0 aliphatic carbocycles. The fourth-order valence-electron chi connectivity index (χ4n) is 5.44. The van der Waals surface area contributed by atoms with Crippen molar-refractivity contribution >= 4 is 16.7 Å². The van der Waals surface area contributed by atoms with Gasteiger partial charge in [0.2, 0.25) is 5.91 Å². The lowest BCUT2D eigenvalue weighted by molar-refractivity contribution is -0.123. The van der Waals surface area contributed by atoms with Gasteiger partial charge in [-0.15, -0.1) is 0 Å². The minimum absolute atomic E-state index is 0.0400. The minimum Gasteiger partial charge on any atom is -0.354 e. The van der Waals surface area contributed by atoms with E-state index in [1.54, 1.807) is 6.20 Å². The Labute approximate surface area is 211 Å². The van der Waals surface area contributed by atoms with Crippen LogP contribution in [0.5, 0.6) is 0 Å². The smallest absolute Gasteiger partial charge is 0.281 e. The predicted octanol–water partition coefficient (Wildman–Crippen LogP) is 3.93. The molecule has 7 nitrogen and oxygen atoms in total. The van der Waals surface area contributed by atoms with Gasteiger partial charge in [0, 0.05) is 43.0 Å². The molecular weight excluding hydrogens is 450 g/mol. The highest BCUT2D eigenvalue weighted by molar-refractivity contribution is 5.89. The Kier molecular flexibility index (Phi) is 6.74. The topological polar surface area (TPSA) is 72.2 Å². The van der Waals surface area contributed by atoms with Crippen molar-refractivity contribution in [3.8, 4) is 5.69 Å². The summed E-state index contributed by atoms with van der Waals surface area (Å²) in [4.78, 5) is 28.9. The van der Waals surface area contributed by atoms with E-state index in [4.69, 9.17) is 0 Å². The van der Waals surface area contributed by atoms with Crippen molar-refractivity contribution in [2.24, 2.45) is 0 Å². The minimum atomic E-state index is -0.427. The maximum atomic E-state index is 13.3. The molecule has 1 aliphatic heterocycles. The highest BCUT2D eigenvalue weighted by atomic mass is 16.2. The molecule has 0 saturated carbocycles. The number of hydrogen-bond acceptors (Lipinski definition) is 4. The first-order chi connectivity index (χ1) is 17.5. The molecule has 1 atom stereocenters. The van der Waals surface area contributed by atoms with E-state index >= 15 is 0 Å². The zero-order valence-corrected chi connectivity index (χ0v) is 21.2. The number of carbonyl (C=O) groups is 1. The Morgan fingerprint density at radius 1 is 1.03 bits per heavy atom.